The van der Waals surface area contributed by atoms with Gasteiger partial charge in [-0.15, -0.1) is 0 Å². The molecule has 3 N–H and O–H groups in total. The molecule has 0 aromatic carbocycles. The fourth-order valence-corrected chi connectivity index (χ4v) is 1.71. The Kier molecular flexibility index (Phi) is 4.53. The van der Waals surface area contributed by atoms with Crippen LogP contribution in [0, 0.1) is 11.8 Å². The highest BCUT2D eigenvalue weighted by Gasteiger charge is 2.16. The van der Waals surface area contributed by atoms with Crippen LogP contribution in [0.25, 0.3) is 0 Å². The molecule has 0 aliphatic rings. The average molecular weight is 269 g/mol. The monoisotopic (exact) mass is 269 g/mol. The van der Waals surface area contributed by atoms with E-state index in [1.807, 2.05) is 6.92 Å². The van der Waals surface area contributed by atoms with Crippen LogP contribution < -0.4 is 11.1 Å². The second-order valence-corrected chi connectivity index (χ2v) is 4.12. The van der Waals surface area contributed by atoms with Crippen molar-refractivity contribution in [1.29, 1.82) is 0 Å². The smallest absolute Gasteiger partial charge is 0.271 e. The molecule has 1 amide bonds. The average Bonchev–Trinajstić information content (AvgIpc) is 2.99. The van der Waals surface area contributed by atoms with E-state index in [9.17, 15) is 4.79 Å². The maximum atomic E-state index is 12.2. The van der Waals surface area contributed by atoms with Gasteiger partial charge >= 0.3 is 0 Å². The van der Waals surface area contributed by atoms with Crippen molar-refractivity contribution in [1.82, 2.24) is 10.3 Å². The molecule has 0 spiro atoms. The quantitative estimate of drug-likeness (QED) is 0.827. The van der Waals surface area contributed by atoms with E-state index < -0.39 is 0 Å². The third-order valence-corrected chi connectivity index (χ3v) is 2.67. The van der Waals surface area contributed by atoms with Crippen LogP contribution >= 0.6 is 0 Å². The molecule has 20 heavy (non-hydrogen) atoms. The molecule has 0 saturated heterocycles. The minimum absolute atomic E-state index is 0.235. The van der Waals surface area contributed by atoms with Gasteiger partial charge in [0.2, 0.25) is 0 Å². The number of nitrogens with two attached hydrogens (primary N) is 1. The summed E-state index contributed by atoms with van der Waals surface area (Å²) in [6.07, 6.45) is 3.12. The summed E-state index contributed by atoms with van der Waals surface area (Å²) in [7, 11) is 0. The first-order valence-corrected chi connectivity index (χ1v) is 6.20. The molecular weight excluding hydrogens is 254 g/mol. The van der Waals surface area contributed by atoms with E-state index in [0.29, 0.717) is 11.3 Å². The topological polar surface area (TPSA) is 81.2 Å². The maximum Gasteiger partial charge on any atom is 0.271 e. The molecule has 2 rings (SSSR count). The number of pyridine rings is 1. The van der Waals surface area contributed by atoms with Gasteiger partial charge in [-0.25, -0.2) is 4.98 Å². The number of carbonyl (C=O) groups is 1. The normalized spacial score (nSPS) is 11.3. The van der Waals surface area contributed by atoms with Crippen molar-refractivity contribution in [3.8, 4) is 11.8 Å². The molecule has 2 aromatic heterocycles. The minimum Gasteiger partial charge on any atom is -0.467 e. The second kappa shape index (κ2) is 6.55. The minimum atomic E-state index is -0.296. The molecule has 1 atom stereocenters. The zero-order valence-electron chi connectivity index (χ0n) is 11.1. The SMILES string of the molecule is CC(NC(=O)c1ncccc1C#CCN)c1ccco1. The zero-order chi connectivity index (χ0) is 14.4. The molecule has 2 heterocycles. The van der Waals surface area contributed by atoms with Gasteiger partial charge in [-0.05, 0) is 31.2 Å². The highest BCUT2D eigenvalue weighted by molar-refractivity contribution is 5.94. The van der Waals surface area contributed by atoms with E-state index in [2.05, 4.69) is 22.1 Å². The number of carbonyl (C=O) groups excluding carboxylic acids is 1. The van der Waals surface area contributed by atoms with Gasteiger partial charge in [-0.3, -0.25) is 4.79 Å². The van der Waals surface area contributed by atoms with Gasteiger partial charge in [-0.1, -0.05) is 11.8 Å². The third-order valence-electron chi connectivity index (χ3n) is 2.67. The summed E-state index contributed by atoms with van der Waals surface area (Å²) in [4.78, 5) is 16.3. The Bertz CT molecular complexity index is 639. The highest BCUT2D eigenvalue weighted by Crippen LogP contribution is 2.13. The van der Waals surface area contributed by atoms with Crippen molar-refractivity contribution in [2.24, 2.45) is 5.73 Å². The summed E-state index contributed by atoms with van der Waals surface area (Å²) in [6, 6.07) is 6.81. The number of furan rings is 1. The Hall–Kier alpha value is -2.58. The van der Waals surface area contributed by atoms with Crippen LogP contribution in [0.15, 0.2) is 41.1 Å². The standard InChI is InChI=1S/C15H15N3O2/c1-11(13-7-4-10-20-13)18-15(19)14-12(5-2-8-16)6-3-9-17-14/h3-4,6-7,9-11H,8,16H2,1H3,(H,18,19). The predicted molar refractivity (Wildman–Crippen MR) is 74.8 cm³/mol. The van der Waals surface area contributed by atoms with E-state index in [-0.39, 0.29) is 24.2 Å². The molecule has 0 fully saturated rings. The van der Waals surface area contributed by atoms with E-state index in [1.54, 1.807) is 36.7 Å². The van der Waals surface area contributed by atoms with Crippen LogP contribution in [0.5, 0.6) is 0 Å². The lowest BCUT2D eigenvalue weighted by molar-refractivity contribution is 0.0930. The fraction of sp³-hybridized carbons (Fsp3) is 0.200. The van der Waals surface area contributed by atoms with Crippen LogP contribution in [-0.2, 0) is 0 Å². The lowest BCUT2D eigenvalue weighted by atomic mass is 10.1. The van der Waals surface area contributed by atoms with Crippen molar-refractivity contribution in [3.05, 3.63) is 53.7 Å². The number of hydrogen-bond acceptors (Lipinski definition) is 4. The molecule has 0 saturated carbocycles. The lowest BCUT2D eigenvalue weighted by Crippen LogP contribution is -2.28. The van der Waals surface area contributed by atoms with Crippen molar-refractivity contribution in [2.45, 2.75) is 13.0 Å². The first-order chi connectivity index (χ1) is 9.72. The van der Waals surface area contributed by atoms with Gasteiger partial charge in [0, 0.05) is 6.20 Å². The lowest BCUT2D eigenvalue weighted by Gasteiger charge is -2.11. The Labute approximate surface area is 117 Å². The number of hydrogen-bond donors (Lipinski definition) is 2. The van der Waals surface area contributed by atoms with Gasteiger partial charge in [0.15, 0.2) is 0 Å². The number of nitrogens with one attached hydrogen (secondary N) is 1. The molecule has 0 aliphatic carbocycles. The second-order valence-electron chi connectivity index (χ2n) is 4.12. The fourth-order valence-electron chi connectivity index (χ4n) is 1.71. The highest BCUT2D eigenvalue weighted by atomic mass is 16.3. The number of amides is 1. The van der Waals surface area contributed by atoms with Gasteiger partial charge in [0.25, 0.3) is 5.91 Å². The maximum absolute atomic E-state index is 12.2. The van der Waals surface area contributed by atoms with Crippen LogP contribution in [0.1, 0.15) is 34.8 Å². The van der Waals surface area contributed by atoms with Crippen LogP contribution in [-0.4, -0.2) is 17.4 Å². The molecular formula is C15H15N3O2. The Morgan fingerprint density at radius 1 is 1.50 bits per heavy atom. The number of nitrogens with zero attached hydrogens (tertiary/aromatic N) is 1. The largest absolute Gasteiger partial charge is 0.467 e. The predicted octanol–water partition coefficient (Wildman–Crippen LogP) is 1.48. The van der Waals surface area contributed by atoms with E-state index in [4.69, 9.17) is 10.2 Å². The van der Waals surface area contributed by atoms with Crippen molar-refractivity contribution in [3.63, 3.8) is 0 Å². The molecule has 0 radical (unpaired) electrons. The van der Waals surface area contributed by atoms with E-state index in [1.165, 1.54) is 0 Å². The van der Waals surface area contributed by atoms with Crippen molar-refractivity contribution >= 4 is 5.91 Å². The Balaban J connectivity index is 2.17. The third kappa shape index (κ3) is 3.25. The molecule has 5 heteroatoms. The van der Waals surface area contributed by atoms with Crippen LogP contribution in [0.2, 0.25) is 0 Å². The molecule has 0 bridgehead atoms. The van der Waals surface area contributed by atoms with Gasteiger partial charge in [0.05, 0.1) is 24.4 Å². The molecule has 102 valence electrons. The summed E-state index contributed by atoms with van der Waals surface area (Å²) in [5, 5.41) is 2.82. The van der Waals surface area contributed by atoms with E-state index >= 15 is 0 Å². The van der Waals surface area contributed by atoms with E-state index in [0.717, 1.165) is 0 Å². The van der Waals surface area contributed by atoms with Crippen LogP contribution in [0.3, 0.4) is 0 Å². The van der Waals surface area contributed by atoms with Gasteiger partial charge in [-0.2, -0.15) is 0 Å². The van der Waals surface area contributed by atoms with Crippen molar-refractivity contribution in [2.75, 3.05) is 6.54 Å². The van der Waals surface area contributed by atoms with Crippen LogP contribution in [0.4, 0.5) is 0 Å². The number of aromatic nitrogens is 1. The summed E-state index contributed by atoms with van der Waals surface area (Å²) in [5.41, 5.74) is 6.18. The number of rotatable bonds is 3. The first-order valence-electron chi connectivity index (χ1n) is 6.20. The summed E-state index contributed by atoms with van der Waals surface area (Å²) >= 11 is 0. The molecule has 5 nitrogen and oxygen atoms in total. The molecule has 0 aliphatic heterocycles. The Morgan fingerprint density at radius 3 is 3.05 bits per heavy atom. The first kappa shape index (κ1) is 13.8. The van der Waals surface area contributed by atoms with Gasteiger partial charge < -0.3 is 15.5 Å². The van der Waals surface area contributed by atoms with Gasteiger partial charge in [0.1, 0.15) is 11.5 Å². The summed E-state index contributed by atoms with van der Waals surface area (Å²) < 4.78 is 5.25. The molecule has 1 unspecified atom stereocenters. The van der Waals surface area contributed by atoms with Crippen molar-refractivity contribution < 1.29 is 9.21 Å². The Morgan fingerprint density at radius 2 is 2.35 bits per heavy atom. The summed E-state index contributed by atoms with van der Waals surface area (Å²) in [5.74, 6) is 5.95. The molecule has 2 aromatic rings. The summed E-state index contributed by atoms with van der Waals surface area (Å²) in [6.45, 7) is 2.07. The zero-order valence-corrected chi connectivity index (χ0v) is 11.1.